The van der Waals surface area contributed by atoms with Crippen LogP contribution in [0.1, 0.15) is 29.4 Å². The Labute approximate surface area is 238 Å². The smallest absolute Gasteiger partial charge is 0.220 e. The molecule has 0 aliphatic rings. The van der Waals surface area contributed by atoms with Crippen molar-refractivity contribution in [2.75, 3.05) is 10.3 Å². The summed E-state index contributed by atoms with van der Waals surface area (Å²) in [6.45, 7) is 0. The van der Waals surface area contributed by atoms with Crippen molar-refractivity contribution in [3.8, 4) is 17.0 Å². The molecule has 0 aliphatic heterocycles. The number of aryl methyl sites for hydroxylation is 1. The maximum Gasteiger partial charge on any atom is 0.220 e. The minimum Gasteiger partial charge on any atom is -0.483 e. The van der Waals surface area contributed by atoms with E-state index in [1.54, 1.807) is 0 Å². The van der Waals surface area contributed by atoms with Crippen LogP contribution in [-0.2, 0) is 17.6 Å². The molecule has 1 amide bonds. The zero-order valence-corrected chi connectivity index (χ0v) is 23.3. The minimum absolute atomic E-state index is 0.0846. The van der Waals surface area contributed by atoms with Gasteiger partial charge in [0.25, 0.3) is 0 Å². The molecule has 2 heterocycles. The number of anilines is 1. The summed E-state index contributed by atoms with van der Waals surface area (Å²) in [5.74, 6) is 1.74. The molecule has 38 heavy (non-hydrogen) atoms. The molecule has 0 unspecified atom stereocenters. The number of carbonyl (C=O) groups excluding carboxylic acids is 1. The number of hydrogen-bond acceptors (Lipinski definition) is 5. The number of aromatic nitrogens is 4. The third kappa shape index (κ3) is 5.94. The summed E-state index contributed by atoms with van der Waals surface area (Å²) in [6, 6.07) is 23.1. The molecule has 10 heteroatoms. The summed E-state index contributed by atoms with van der Waals surface area (Å²) >= 11 is 8.77. The largest absolute Gasteiger partial charge is 0.483 e. The molecule has 0 aliphatic carbocycles. The summed E-state index contributed by atoms with van der Waals surface area (Å²) in [6.07, 6.45) is 1.43. The summed E-state index contributed by atoms with van der Waals surface area (Å²) in [5, 5.41) is 11.4. The van der Waals surface area contributed by atoms with Crippen molar-refractivity contribution in [1.29, 1.82) is 0 Å². The molecule has 2 aromatic heterocycles. The van der Waals surface area contributed by atoms with Crippen LogP contribution in [0.2, 0.25) is 5.15 Å². The molecule has 0 radical (unpaired) electrons. The molecule has 0 bridgehead atoms. The first-order valence-electron chi connectivity index (χ1n) is 12.1. The van der Waals surface area contributed by atoms with E-state index in [9.17, 15) is 4.79 Å². The van der Waals surface area contributed by atoms with Gasteiger partial charge in [-0.3, -0.25) is 9.89 Å². The number of ether oxygens (including phenoxy) is 1. The van der Waals surface area contributed by atoms with Crippen molar-refractivity contribution < 1.29 is 9.53 Å². The monoisotopic (exact) mass is 640 g/mol. The number of halogens is 2. The van der Waals surface area contributed by atoms with Gasteiger partial charge < -0.3 is 20.8 Å². The Bertz CT molecular complexity index is 1550. The Morgan fingerprint density at radius 2 is 1.89 bits per heavy atom. The first-order chi connectivity index (χ1) is 18.5. The quantitative estimate of drug-likeness (QED) is 0.110. The Hall–Kier alpha value is -3.57. The SMILES string of the molecule is Nc1n[nH]c2cc(-c3nc([C@H](Cc4ccccc4)NC(=O)CCc4ccccc4OCI)[nH]c3Cl)ccc12. The number of alkyl halides is 1. The Morgan fingerprint density at radius 1 is 1.11 bits per heavy atom. The lowest BCUT2D eigenvalue weighted by Gasteiger charge is -2.17. The minimum atomic E-state index is -0.400. The van der Waals surface area contributed by atoms with Crippen molar-refractivity contribution in [3.05, 3.63) is 94.9 Å². The van der Waals surface area contributed by atoms with Crippen LogP contribution in [0.5, 0.6) is 5.75 Å². The summed E-state index contributed by atoms with van der Waals surface area (Å²) < 4.78 is 6.24. The molecule has 0 saturated carbocycles. The highest BCUT2D eigenvalue weighted by Crippen LogP contribution is 2.31. The highest BCUT2D eigenvalue weighted by atomic mass is 127. The van der Waals surface area contributed by atoms with Gasteiger partial charge in [0.15, 0.2) is 5.82 Å². The van der Waals surface area contributed by atoms with Crippen LogP contribution in [0.25, 0.3) is 22.2 Å². The second-order valence-electron chi connectivity index (χ2n) is 8.82. The molecule has 8 nitrogen and oxygen atoms in total. The number of nitrogens with one attached hydrogen (secondary N) is 3. The highest BCUT2D eigenvalue weighted by Gasteiger charge is 2.22. The molecule has 1 atom stereocenters. The predicted octanol–water partition coefficient (Wildman–Crippen LogP) is 5.99. The van der Waals surface area contributed by atoms with Crippen LogP contribution >= 0.6 is 34.2 Å². The van der Waals surface area contributed by atoms with E-state index in [4.69, 9.17) is 27.1 Å². The number of amides is 1. The molecular weight excluding hydrogens is 615 g/mol. The third-order valence-electron chi connectivity index (χ3n) is 6.30. The number of rotatable bonds is 10. The van der Waals surface area contributed by atoms with Crippen molar-refractivity contribution in [3.63, 3.8) is 0 Å². The van der Waals surface area contributed by atoms with Gasteiger partial charge >= 0.3 is 0 Å². The standard InChI is InChI=1S/C28H26ClIN6O2/c29-26-25(19-10-12-20-21(15-19)35-36-27(20)31)33-28(34-26)22(14-17-6-2-1-3-7-17)32-24(37)13-11-18-8-4-5-9-23(18)38-16-30/h1-10,12,15,22H,11,13-14,16H2,(H,32,37)(H,33,34)(H3,31,35,36)/t22-/m0/s1. The van der Waals surface area contributed by atoms with Gasteiger partial charge in [0.1, 0.15) is 27.0 Å². The topological polar surface area (TPSA) is 122 Å². The van der Waals surface area contributed by atoms with Crippen molar-refractivity contribution in [2.45, 2.75) is 25.3 Å². The number of imidazole rings is 1. The van der Waals surface area contributed by atoms with Crippen LogP contribution in [0.15, 0.2) is 72.8 Å². The van der Waals surface area contributed by atoms with Crippen molar-refractivity contribution in [1.82, 2.24) is 25.5 Å². The lowest BCUT2D eigenvalue weighted by molar-refractivity contribution is -0.121. The number of hydrogen-bond donors (Lipinski definition) is 4. The number of fused-ring (bicyclic) bond motifs is 1. The second kappa shape index (κ2) is 11.9. The predicted molar refractivity (Wildman–Crippen MR) is 158 cm³/mol. The summed E-state index contributed by atoms with van der Waals surface area (Å²) in [7, 11) is 0. The lowest BCUT2D eigenvalue weighted by atomic mass is 10.0. The van der Waals surface area contributed by atoms with Gasteiger partial charge in [-0.15, -0.1) is 0 Å². The molecule has 5 aromatic rings. The van der Waals surface area contributed by atoms with Gasteiger partial charge in [0, 0.05) is 17.4 Å². The zero-order valence-electron chi connectivity index (χ0n) is 20.4. The van der Waals surface area contributed by atoms with Gasteiger partial charge in [-0.25, -0.2) is 4.98 Å². The van der Waals surface area contributed by atoms with Crippen LogP contribution in [0, 0.1) is 0 Å². The van der Waals surface area contributed by atoms with E-state index in [-0.39, 0.29) is 5.91 Å². The first-order valence-corrected chi connectivity index (χ1v) is 14.0. The van der Waals surface area contributed by atoms with Gasteiger partial charge in [0.05, 0.1) is 11.6 Å². The molecular formula is C28H26ClIN6O2. The first kappa shape index (κ1) is 26.1. The van der Waals surface area contributed by atoms with Gasteiger partial charge in [-0.2, -0.15) is 5.10 Å². The van der Waals surface area contributed by atoms with Crippen LogP contribution in [0.4, 0.5) is 5.82 Å². The molecule has 0 fully saturated rings. The van der Waals surface area contributed by atoms with Crippen molar-refractivity contribution >= 4 is 56.8 Å². The number of aromatic amines is 2. The van der Waals surface area contributed by atoms with Crippen LogP contribution < -0.4 is 15.8 Å². The Morgan fingerprint density at radius 3 is 2.71 bits per heavy atom. The molecule has 5 N–H and O–H groups in total. The van der Waals surface area contributed by atoms with E-state index in [0.29, 0.717) is 46.4 Å². The third-order valence-corrected chi connectivity index (χ3v) is 6.88. The fourth-order valence-corrected chi connectivity index (χ4v) is 4.99. The number of benzene rings is 3. The molecule has 194 valence electrons. The normalized spacial score (nSPS) is 11.9. The van der Waals surface area contributed by atoms with Gasteiger partial charge in [-0.05, 0) is 64.8 Å². The zero-order chi connectivity index (χ0) is 26.5. The lowest BCUT2D eigenvalue weighted by Crippen LogP contribution is -2.31. The molecule has 3 aromatic carbocycles. The maximum atomic E-state index is 13.1. The van der Waals surface area contributed by atoms with E-state index in [1.165, 1.54) is 0 Å². The van der Waals surface area contributed by atoms with Crippen LogP contribution in [0.3, 0.4) is 0 Å². The molecule has 5 rings (SSSR count). The number of carbonyl (C=O) groups is 1. The summed E-state index contributed by atoms with van der Waals surface area (Å²) in [5.41, 5.74) is 10.2. The Kier molecular flexibility index (Phi) is 8.14. The number of para-hydroxylation sites is 1. The average Bonchev–Trinajstić information content (AvgIpc) is 3.50. The second-order valence-corrected chi connectivity index (χ2v) is 9.83. The van der Waals surface area contributed by atoms with E-state index in [2.05, 4.69) is 43.1 Å². The van der Waals surface area contributed by atoms with Crippen molar-refractivity contribution in [2.24, 2.45) is 0 Å². The fourth-order valence-electron chi connectivity index (χ4n) is 4.40. The van der Waals surface area contributed by atoms with E-state index in [0.717, 1.165) is 33.3 Å². The number of nitrogen functional groups attached to an aromatic ring is 1. The Balaban J connectivity index is 1.38. The molecule has 0 spiro atoms. The van der Waals surface area contributed by atoms with E-state index < -0.39 is 6.04 Å². The fraction of sp³-hybridized carbons (Fsp3) is 0.179. The van der Waals surface area contributed by atoms with Gasteiger partial charge in [-0.1, -0.05) is 66.2 Å². The van der Waals surface area contributed by atoms with E-state index in [1.807, 2.05) is 72.8 Å². The maximum absolute atomic E-state index is 13.1. The van der Waals surface area contributed by atoms with Crippen LogP contribution in [-0.4, -0.2) is 30.7 Å². The summed E-state index contributed by atoms with van der Waals surface area (Å²) in [4.78, 5) is 21.1. The number of nitrogens with zero attached hydrogens (tertiary/aromatic N) is 2. The highest BCUT2D eigenvalue weighted by molar-refractivity contribution is 14.1. The number of nitrogens with two attached hydrogens (primary N) is 1. The van der Waals surface area contributed by atoms with Gasteiger partial charge in [0.2, 0.25) is 5.91 Å². The average molecular weight is 641 g/mol. The van der Waals surface area contributed by atoms with E-state index >= 15 is 0 Å². The number of H-pyrrole nitrogens is 2. The molecule has 0 saturated heterocycles.